The highest BCUT2D eigenvalue weighted by Crippen LogP contribution is 2.33. The fraction of sp³-hybridized carbons (Fsp3) is 0.382. The molecule has 1 aliphatic heterocycles. The topological polar surface area (TPSA) is 41.6 Å². The lowest BCUT2D eigenvalue weighted by Gasteiger charge is -2.37. The summed E-state index contributed by atoms with van der Waals surface area (Å²) in [4.78, 5) is 15.7. The van der Waals surface area contributed by atoms with Crippen LogP contribution in [0.3, 0.4) is 0 Å². The number of rotatable bonds is 6. The summed E-state index contributed by atoms with van der Waals surface area (Å²) in [6, 6.07) is 23.6. The fourth-order valence-electron chi connectivity index (χ4n) is 6.01. The number of amides is 1. The van der Waals surface area contributed by atoms with Gasteiger partial charge in [-0.15, -0.1) is 0 Å². The molecule has 4 nitrogen and oxygen atoms in total. The number of hydrogen-bond acceptors (Lipinski definition) is 3. The number of carbonyl (C=O) groups is 1. The molecule has 2 atom stereocenters. The summed E-state index contributed by atoms with van der Waals surface area (Å²) in [7, 11) is 2.24. The van der Waals surface area contributed by atoms with Gasteiger partial charge in [-0.2, -0.15) is 0 Å². The van der Waals surface area contributed by atoms with Gasteiger partial charge in [-0.1, -0.05) is 61.9 Å². The first kappa shape index (κ1) is 26.2. The average molecular weight is 509 g/mol. The standard InChI is InChI=1S/C34H40N2O2/c1-23-5-9-27(10-6-23)28-11-14-33-30(20-28)21-29(15-16-38-33)34(37)35-31-12-7-26(8-13-31)22-36(4)32-18-24(2)17-25(3)19-32/h5-14,20-21,24-25,32H,15-19,22H2,1-4H3,(H,35,37). The van der Waals surface area contributed by atoms with E-state index < -0.39 is 0 Å². The van der Waals surface area contributed by atoms with Crippen LogP contribution in [-0.2, 0) is 11.3 Å². The van der Waals surface area contributed by atoms with Crippen molar-refractivity contribution in [1.29, 1.82) is 0 Å². The van der Waals surface area contributed by atoms with E-state index in [0.29, 0.717) is 19.1 Å². The van der Waals surface area contributed by atoms with Gasteiger partial charge in [-0.05, 0) is 92.1 Å². The molecule has 1 aliphatic carbocycles. The molecule has 1 N–H and O–H groups in total. The zero-order valence-corrected chi connectivity index (χ0v) is 23.2. The maximum absolute atomic E-state index is 13.2. The lowest BCUT2D eigenvalue weighted by molar-refractivity contribution is -0.113. The van der Waals surface area contributed by atoms with E-state index in [-0.39, 0.29) is 5.91 Å². The normalized spacial score (nSPS) is 21.2. The molecular formula is C34H40N2O2. The number of hydrogen-bond donors (Lipinski definition) is 1. The largest absolute Gasteiger partial charge is 0.493 e. The Kier molecular flexibility index (Phi) is 7.99. The Labute approximate surface area is 227 Å². The zero-order valence-electron chi connectivity index (χ0n) is 23.2. The van der Waals surface area contributed by atoms with Crippen molar-refractivity contribution < 1.29 is 9.53 Å². The summed E-state index contributed by atoms with van der Waals surface area (Å²) in [6.07, 6.45) is 6.46. The second-order valence-electron chi connectivity index (χ2n) is 11.5. The van der Waals surface area contributed by atoms with E-state index in [1.807, 2.05) is 24.3 Å². The van der Waals surface area contributed by atoms with Gasteiger partial charge in [0.25, 0.3) is 5.91 Å². The van der Waals surface area contributed by atoms with Crippen molar-refractivity contribution in [3.05, 3.63) is 89.0 Å². The van der Waals surface area contributed by atoms with Crippen LogP contribution in [0.15, 0.2) is 72.3 Å². The molecule has 1 fully saturated rings. The van der Waals surface area contributed by atoms with Crippen LogP contribution in [0.25, 0.3) is 17.2 Å². The number of aryl methyl sites for hydroxylation is 1. The molecule has 0 spiro atoms. The van der Waals surface area contributed by atoms with E-state index in [1.165, 1.54) is 30.4 Å². The highest BCUT2D eigenvalue weighted by molar-refractivity contribution is 6.07. The average Bonchev–Trinajstić information content (AvgIpc) is 3.12. The SMILES string of the molecule is Cc1ccc(-c2ccc3c(c2)C=C(C(=O)Nc2ccc(CN(C)C4CC(C)CC(C)C4)cc2)CCO3)cc1. The van der Waals surface area contributed by atoms with Crippen molar-refractivity contribution in [1.82, 2.24) is 4.90 Å². The summed E-state index contributed by atoms with van der Waals surface area (Å²) < 4.78 is 5.97. The Hall–Kier alpha value is -3.37. The first-order chi connectivity index (χ1) is 18.3. The molecule has 1 saturated carbocycles. The Bertz CT molecular complexity index is 1280. The lowest BCUT2D eigenvalue weighted by atomic mass is 9.80. The van der Waals surface area contributed by atoms with E-state index >= 15 is 0 Å². The molecule has 38 heavy (non-hydrogen) atoms. The third-order valence-corrected chi connectivity index (χ3v) is 8.07. The zero-order chi connectivity index (χ0) is 26.6. The van der Waals surface area contributed by atoms with Gasteiger partial charge in [-0.3, -0.25) is 9.69 Å². The van der Waals surface area contributed by atoms with Crippen molar-refractivity contribution >= 4 is 17.7 Å². The predicted molar refractivity (Wildman–Crippen MR) is 157 cm³/mol. The van der Waals surface area contributed by atoms with Crippen LogP contribution in [0.1, 0.15) is 56.2 Å². The van der Waals surface area contributed by atoms with Gasteiger partial charge >= 0.3 is 0 Å². The highest BCUT2D eigenvalue weighted by Gasteiger charge is 2.26. The summed E-state index contributed by atoms with van der Waals surface area (Å²) in [5.41, 5.74) is 7.27. The van der Waals surface area contributed by atoms with Crippen LogP contribution in [-0.4, -0.2) is 30.5 Å². The molecule has 2 unspecified atom stereocenters. The predicted octanol–water partition coefficient (Wildman–Crippen LogP) is 7.72. The van der Waals surface area contributed by atoms with Gasteiger partial charge in [0.15, 0.2) is 0 Å². The monoisotopic (exact) mass is 508 g/mol. The van der Waals surface area contributed by atoms with E-state index in [9.17, 15) is 4.79 Å². The van der Waals surface area contributed by atoms with Crippen LogP contribution in [0.4, 0.5) is 5.69 Å². The highest BCUT2D eigenvalue weighted by atomic mass is 16.5. The molecule has 1 heterocycles. The minimum absolute atomic E-state index is 0.0720. The van der Waals surface area contributed by atoms with Crippen molar-refractivity contribution in [2.24, 2.45) is 11.8 Å². The second kappa shape index (κ2) is 11.6. The second-order valence-corrected chi connectivity index (χ2v) is 11.5. The number of ether oxygens (including phenoxy) is 1. The summed E-state index contributed by atoms with van der Waals surface area (Å²) >= 11 is 0. The van der Waals surface area contributed by atoms with E-state index in [1.54, 1.807) is 0 Å². The number of benzene rings is 3. The molecule has 0 bridgehead atoms. The molecule has 3 aromatic rings. The van der Waals surface area contributed by atoms with E-state index in [2.05, 4.69) is 86.6 Å². The van der Waals surface area contributed by atoms with Gasteiger partial charge < -0.3 is 10.1 Å². The van der Waals surface area contributed by atoms with Crippen molar-refractivity contribution in [3.8, 4) is 16.9 Å². The molecule has 4 heteroatoms. The Morgan fingerprint density at radius 3 is 2.32 bits per heavy atom. The van der Waals surface area contributed by atoms with Gasteiger partial charge in [-0.25, -0.2) is 0 Å². The number of nitrogens with one attached hydrogen (secondary N) is 1. The smallest absolute Gasteiger partial charge is 0.251 e. The molecule has 5 rings (SSSR count). The molecule has 0 radical (unpaired) electrons. The number of fused-ring (bicyclic) bond motifs is 1. The molecule has 2 aliphatic rings. The van der Waals surface area contributed by atoms with Crippen molar-refractivity contribution in [2.75, 3.05) is 19.0 Å². The van der Waals surface area contributed by atoms with Gasteiger partial charge in [0.1, 0.15) is 5.75 Å². The Morgan fingerprint density at radius 1 is 0.921 bits per heavy atom. The lowest BCUT2D eigenvalue weighted by Crippen LogP contribution is -2.37. The van der Waals surface area contributed by atoms with E-state index in [4.69, 9.17) is 4.74 Å². The minimum Gasteiger partial charge on any atom is -0.493 e. The maximum atomic E-state index is 13.2. The number of anilines is 1. The molecule has 198 valence electrons. The molecule has 0 saturated heterocycles. The molecule has 3 aromatic carbocycles. The molecule has 0 aromatic heterocycles. The number of nitrogens with zero attached hydrogens (tertiary/aromatic N) is 1. The van der Waals surface area contributed by atoms with Crippen molar-refractivity contribution in [2.45, 2.75) is 59.0 Å². The number of carbonyl (C=O) groups excluding carboxylic acids is 1. The minimum atomic E-state index is -0.0720. The fourth-order valence-corrected chi connectivity index (χ4v) is 6.01. The Morgan fingerprint density at radius 2 is 1.61 bits per heavy atom. The van der Waals surface area contributed by atoms with Crippen LogP contribution >= 0.6 is 0 Å². The third kappa shape index (κ3) is 6.36. The molecular weight excluding hydrogens is 468 g/mol. The summed E-state index contributed by atoms with van der Waals surface area (Å²) in [6.45, 7) is 8.27. The first-order valence-corrected chi connectivity index (χ1v) is 14.0. The third-order valence-electron chi connectivity index (χ3n) is 8.07. The van der Waals surface area contributed by atoms with Crippen LogP contribution in [0.5, 0.6) is 5.75 Å². The first-order valence-electron chi connectivity index (χ1n) is 14.0. The van der Waals surface area contributed by atoms with Crippen molar-refractivity contribution in [3.63, 3.8) is 0 Å². The van der Waals surface area contributed by atoms with Crippen LogP contribution < -0.4 is 10.1 Å². The Balaban J connectivity index is 1.25. The van der Waals surface area contributed by atoms with Gasteiger partial charge in [0.2, 0.25) is 0 Å². The van der Waals surface area contributed by atoms with Crippen LogP contribution in [0, 0.1) is 18.8 Å². The van der Waals surface area contributed by atoms with Gasteiger partial charge in [0, 0.05) is 35.8 Å². The molecule has 1 amide bonds. The maximum Gasteiger partial charge on any atom is 0.251 e. The van der Waals surface area contributed by atoms with Crippen LogP contribution in [0.2, 0.25) is 0 Å². The summed E-state index contributed by atoms with van der Waals surface area (Å²) in [5, 5.41) is 3.10. The van der Waals surface area contributed by atoms with E-state index in [0.717, 1.165) is 52.1 Å². The van der Waals surface area contributed by atoms with Gasteiger partial charge in [0.05, 0.1) is 6.61 Å². The quantitative estimate of drug-likeness (QED) is 0.370. The summed E-state index contributed by atoms with van der Waals surface area (Å²) in [5.74, 6) is 2.35.